The van der Waals surface area contributed by atoms with Crippen molar-refractivity contribution in [2.75, 3.05) is 16.8 Å². The minimum atomic E-state index is -0.315. The second-order valence-electron chi connectivity index (χ2n) is 6.32. The molecule has 132 valence electrons. The number of thiophene rings is 1. The van der Waals surface area contributed by atoms with E-state index in [9.17, 15) is 14.0 Å². The van der Waals surface area contributed by atoms with Crippen molar-refractivity contribution in [3.8, 4) is 0 Å². The molecule has 1 aliphatic rings. The Hall–Kier alpha value is -2.73. The summed E-state index contributed by atoms with van der Waals surface area (Å²) >= 11 is 1.28. The molecule has 1 N–H and O–H groups in total. The van der Waals surface area contributed by atoms with Crippen LogP contribution in [0.1, 0.15) is 28.1 Å². The van der Waals surface area contributed by atoms with Crippen LogP contribution in [-0.2, 0) is 4.79 Å². The highest BCUT2D eigenvalue weighted by atomic mass is 32.1. The highest BCUT2D eigenvalue weighted by Gasteiger charge is 2.22. The number of fused-ring (bicyclic) bond motifs is 1. The summed E-state index contributed by atoms with van der Waals surface area (Å²) in [6.45, 7) is 2.46. The zero-order chi connectivity index (χ0) is 18.3. The van der Waals surface area contributed by atoms with Crippen molar-refractivity contribution in [1.29, 1.82) is 0 Å². The number of anilines is 2. The van der Waals surface area contributed by atoms with Crippen molar-refractivity contribution in [2.45, 2.75) is 19.8 Å². The minimum absolute atomic E-state index is 0.101. The number of aryl methyl sites for hydroxylation is 1. The molecule has 2 heterocycles. The molecule has 0 spiro atoms. The predicted octanol–water partition coefficient (Wildman–Crippen LogP) is 4.73. The monoisotopic (exact) mass is 368 g/mol. The number of nitrogens with one attached hydrogen (secondary N) is 1. The lowest BCUT2D eigenvalue weighted by atomic mass is 10.1. The third-order valence-corrected chi connectivity index (χ3v) is 5.85. The van der Waals surface area contributed by atoms with Crippen molar-refractivity contribution in [3.05, 3.63) is 58.7 Å². The quantitative estimate of drug-likeness (QED) is 0.727. The van der Waals surface area contributed by atoms with Crippen LogP contribution in [0, 0.1) is 12.7 Å². The molecule has 1 aromatic heterocycles. The van der Waals surface area contributed by atoms with Crippen LogP contribution in [0.5, 0.6) is 0 Å². The van der Waals surface area contributed by atoms with Crippen LogP contribution in [-0.4, -0.2) is 18.4 Å². The Labute approximate surface area is 154 Å². The standard InChI is InChI=1S/C20H17FN2O2S/c1-12-18-15(21)7-3-8-16(18)26-19(12)20(25)22-13-5-2-6-14(11-13)23-10-4-9-17(23)24/h2-3,5-8,11H,4,9-10H2,1H3,(H,22,25). The van der Waals surface area contributed by atoms with Crippen LogP contribution in [0.3, 0.4) is 0 Å². The van der Waals surface area contributed by atoms with Gasteiger partial charge in [0.1, 0.15) is 5.82 Å². The average molecular weight is 368 g/mol. The largest absolute Gasteiger partial charge is 0.321 e. The maximum absolute atomic E-state index is 14.1. The van der Waals surface area contributed by atoms with Crippen molar-refractivity contribution in [2.24, 2.45) is 0 Å². The van der Waals surface area contributed by atoms with Crippen LogP contribution >= 0.6 is 11.3 Å². The third-order valence-electron chi connectivity index (χ3n) is 4.60. The van der Waals surface area contributed by atoms with Gasteiger partial charge in [0.15, 0.2) is 0 Å². The number of carbonyl (C=O) groups excluding carboxylic acids is 2. The van der Waals surface area contributed by atoms with Crippen molar-refractivity contribution in [3.63, 3.8) is 0 Å². The highest BCUT2D eigenvalue weighted by molar-refractivity contribution is 7.21. The Bertz CT molecular complexity index is 1030. The Morgan fingerprint density at radius 2 is 2.04 bits per heavy atom. The van der Waals surface area contributed by atoms with E-state index < -0.39 is 0 Å². The molecule has 1 fully saturated rings. The maximum atomic E-state index is 14.1. The summed E-state index contributed by atoms with van der Waals surface area (Å²) in [5.74, 6) is -0.484. The first kappa shape index (κ1) is 16.7. The molecule has 0 radical (unpaired) electrons. The van der Waals surface area contributed by atoms with E-state index in [1.807, 2.05) is 18.2 Å². The van der Waals surface area contributed by atoms with Crippen LogP contribution in [0.2, 0.25) is 0 Å². The summed E-state index contributed by atoms with van der Waals surface area (Å²) in [5, 5.41) is 3.37. The Morgan fingerprint density at radius 1 is 1.23 bits per heavy atom. The number of carbonyl (C=O) groups is 2. The summed E-state index contributed by atoms with van der Waals surface area (Å²) in [5.41, 5.74) is 2.04. The number of nitrogens with zero attached hydrogens (tertiary/aromatic N) is 1. The van der Waals surface area contributed by atoms with Gasteiger partial charge in [0.2, 0.25) is 5.91 Å². The first-order chi connectivity index (χ1) is 12.5. The number of halogens is 1. The fraction of sp³-hybridized carbons (Fsp3) is 0.200. The van der Waals surface area contributed by atoms with Gasteiger partial charge in [0.05, 0.1) is 4.88 Å². The lowest BCUT2D eigenvalue weighted by molar-refractivity contribution is -0.117. The van der Waals surface area contributed by atoms with Gasteiger partial charge in [-0.25, -0.2) is 4.39 Å². The average Bonchev–Trinajstić information content (AvgIpc) is 3.19. The van der Waals surface area contributed by atoms with Gasteiger partial charge in [-0.3, -0.25) is 9.59 Å². The highest BCUT2D eigenvalue weighted by Crippen LogP contribution is 2.33. The van der Waals surface area contributed by atoms with Gasteiger partial charge in [-0.2, -0.15) is 0 Å². The summed E-state index contributed by atoms with van der Waals surface area (Å²) in [7, 11) is 0. The number of benzene rings is 2. The summed E-state index contributed by atoms with van der Waals surface area (Å²) in [6.07, 6.45) is 1.41. The van der Waals surface area contributed by atoms with E-state index in [0.717, 1.165) is 16.8 Å². The van der Waals surface area contributed by atoms with E-state index in [2.05, 4.69) is 5.32 Å². The zero-order valence-electron chi connectivity index (χ0n) is 14.2. The van der Waals surface area contributed by atoms with Crippen LogP contribution in [0.4, 0.5) is 15.8 Å². The molecule has 3 aromatic rings. The van der Waals surface area contributed by atoms with Gasteiger partial charge in [-0.15, -0.1) is 11.3 Å². The SMILES string of the molecule is Cc1c(C(=O)Nc2cccc(N3CCCC3=O)c2)sc2cccc(F)c12. The molecule has 1 aliphatic heterocycles. The molecule has 0 saturated carbocycles. The molecule has 6 heteroatoms. The number of hydrogen-bond donors (Lipinski definition) is 1. The second-order valence-corrected chi connectivity index (χ2v) is 7.37. The molecular weight excluding hydrogens is 351 g/mol. The van der Waals surface area contributed by atoms with Crippen molar-refractivity contribution in [1.82, 2.24) is 0 Å². The van der Waals surface area contributed by atoms with Gasteiger partial charge < -0.3 is 10.2 Å². The van der Waals surface area contributed by atoms with Crippen molar-refractivity contribution >= 4 is 44.6 Å². The molecule has 2 aromatic carbocycles. The molecule has 26 heavy (non-hydrogen) atoms. The maximum Gasteiger partial charge on any atom is 0.266 e. The van der Waals surface area contributed by atoms with E-state index >= 15 is 0 Å². The summed E-state index contributed by atoms with van der Waals surface area (Å²) in [4.78, 5) is 26.8. The fourth-order valence-electron chi connectivity index (χ4n) is 3.33. The smallest absolute Gasteiger partial charge is 0.266 e. The van der Waals surface area contributed by atoms with Gasteiger partial charge in [0.25, 0.3) is 5.91 Å². The fourth-order valence-corrected chi connectivity index (χ4v) is 4.45. The van der Waals surface area contributed by atoms with Gasteiger partial charge in [0, 0.05) is 34.4 Å². The number of amides is 2. The Morgan fingerprint density at radius 3 is 2.77 bits per heavy atom. The number of rotatable bonds is 3. The lowest BCUT2D eigenvalue weighted by Crippen LogP contribution is -2.23. The lowest BCUT2D eigenvalue weighted by Gasteiger charge is -2.16. The molecule has 0 unspecified atom stereocenters. The van der Waals surface area contributed by atoms with E-state index in [4.69, 9.17) is 0 Å². The first-order valence-corrected chi connectivity index (χ1v) is 9.25. The van der Waals surface area contributed by atoms with E-state index in [0.29, 0.717) is 34.5 Å². The molecular formula is C20H17FN2O2S. The molecule has 4 rings (SSSR count). The van der Waals surface area contributed by atoms with E-state index in [1.54, 1.807) is 30.0 Å². The summed E-state index contributed by atoms with van der Waals surface area (Å²) in [6, 6.07) is 12.1. The molecule has 4 nitrogen and oxygen atoms in total. The van der Waals surface area contributed by atoms with Gasteiger partial charge in [-0.1, -0.05) is 12.1 Å². The van der Waals surface area contributed by atoms with Crippen LogP contribution in [0.25, 0.3) is 10.1 Å². The Balaban J connectivity index is 1.62. The normalized spacial score (nSPS) is 14.2. The molecule has 0 aliphatic carbocycles. The second kappa shape index (κ2) is 6.53. The zero-order valence-corrected chi connectivity index (χ0v) is 15.0. The summed E-state index contributed by atoms with van der Waals surface area (Å²) < 4.78 is 14.8. The molecule has 0 bridgehead atoms. The topological polar surface area (TPSA) is 49.4 Å². The molecule has 1 saturated heterocycles. The molecule has 2 amide bonds. The third kappa shape index (κ3) is 2.86. The van der Waals surface area contributed by atoms with Crippen LogP contribution < -0.4 is 10.2 Å². The Kier molecular flexibility index (Phi) is 4.20. The molecule has 0 atom stereocenters. The van der Waals surface area contributed by atoms with Gasteiger partial charge >= 0.3 is 0 Å². The number of hydrogen-bond acceptors (Lipinski definition) is 3. The predicted molar refractivity (Wildman–Crippen MR) is 103 cm³/mol. The van der Waals surface area contributed by atoms with Gasteiger partial charge in [-0.05, 0) is 49.2 Å². The van der Waals surface area contributed by atoms with E-state index in [1.165, 1.54) is 17.4 Å². The van der Waals surface area contributed by atoms with Crippen LogP contribution in [0.15, 0.2) is 42.5 Å². The minimum Gasteiger partial charge on any atom is -0.321 e. The first-order valence-electron chi connectivity index (χ1n) is 8.44. The van der Waals surface area contributed by atoms with Crippen molar-refractivity contribution < 1.29 is 14.0 Å². The van der Waals surface area contributed by atoms with E-state index in [-0.39, 0.29) is 17.6 Å².